The van der Waals surface area contributed by atoms with Crippen molar-refractivity contribution in [2.45, 2.75) is 38.3 Å². The molecule has 0 bridgehead atoms. The summed E-state index contributed by atoms with van der Waals surface area (Å²) in [6.45, 7) is 0.598. The fraction of sp³-hybridized carbons (Fsp3) is 0.412. The second-order valence-corrected chi connectivity index (χ2v) is 5.64. The number of methoxy groups -OCH3 is 1. The number of fused-ring (bicyclic) bond motifs is 1. The van der Waals surface area contributed by atoms with Gasteiger partial charge >= 0.3 is 0 Å². The summed E-state index contributed by atoms with van der Waals surface area (Å²) in [4.78, 5) is 0. The number of rotatable bonds is 3. The van der Waals surface area contributed by atoms with Gasteiger partial charge in [0.2, 0.25) is 0 Å². The normalized spacial score (nSPS) is 18.1. The minimum absolute atomic E-state index is 0.262. The Morgan fingerprint density at radius 2 is 2.19 bits per heavy atom. The fourth-order valence-corrected chi connectivity index (χ4v) is 3.00. The number of ether oxygens (including phenoxy) is 1. The molecule has 21 heavy (non-hydrogen) atoms. The third-order valence-electron chi connectivity index (χ3n) is 4.11. The maximum Gasteiger partial charge on any atom is 0.165 e. The number of hydrogen-bond acceptors (Lipinski definition) is 2. The van der Waals surface area contributed by atoms with Crippen LogP contribution in [0, 0.1) is 5.82 Å². The molecule has 1 aromatic heterocycles. The van der Waals surface area contributed by atoms with Crippen molar-refractivity contribution in [3.05, 3.63) is 53.1 Å². The van der Waals surface area contributed by atoms with E-state index in [1.165, 1.54) is 18.7 Å². The molecule has 1 heterocycles. The highest BCUT2D eigenvalue weighted by atomic mass is 19.1. The lowest BCUT2D eigenvalue weighted by Gasteiger charge is -2.08. The van der Waals surface area contributed by atoms with E-state index in [0.717, 1.165) is 36.8 Å². The van der Waals surface area contributed by atoms with Crippen LogP contribution in [0.3, 0.4) is 0 Å². The number of halogens is 1. The van der Waals surface area contributed by atoms with Crippen molar-refractivity contribution in [1.82, 2.24) is 4.57 Å². The maximum atomic E-state index is 13.7. The van der Waals surface area contributed by atoms with E-state index < -0.39 is 0 Å². The second kappa shape index (κ2) is 5.90. The lowest BCUT2D eigenvalue weighted by molar-refractivity contribution is 0.166. The molecule has 0 saturated heterocycles. The highest BCUT2D eigenvalue weighted by molar-refractivity contribution is 5.31. The van der Waals surface area contributed by atoms with Crippen LogP contribution in [-0.2, 0) is 13.0 Å². The topological polar surface area (TPSA) is 34.4 Å². The zero-order chi connectivity index (χ0) is 14.8. The minimum atomic E-state index is -0.364. The van der Waals surface area contributed by atoms with Gasteiger partial charge in [0.15, 0.2) is 11.6 Å². The molecule has 0 spiro atoms. The van der Waals surface area contributed by atoms with Gasteiger partial charge in [0.05, 0.1) is 13.2 Å². The predicted molar refractivity (Wildman–Crippen MR) is 79.0 cm³/mol. The smallest absolute Gasteiger partial charge is 0.165 e. The largest absolute Gasteiger partial charge is 0.494 e. The fourth-order valence-electron chi connectivity index (χ4n) is 3.00. The van der Waals surface area contributed by atoms with E-state index in [9.17, 15) is 9.50 Å². The molecule has 2 aromatic rings. The third-order valence-corrected chi connectivity index (χ3v) is 4.11. The predicted octanol–water partition coefficient (Wildman–Crippen LogP) is 3.44. The SMILES string of the molecule is COc1ccc(Cn2cc3c(c2)C(O)CCCC3)cc1F. The second-order valence-electron chi connectivity index (χ2n) is 5.64. The van der Waals surface area contributed by atoms with Crippen LogP contribution in [0.4, 0.5) is 4.39 Å². The molecule has 1 atom stereocenters. The average molecular weight is 289 g/mol. The number of aryl methyl sites for hydroxylation is 1. The van der Waals surface area contributed by atoms with Gasteiger partial charge in [-0.15, -0.1) is 0 Å². The Hall–Kier alpha value is -1.81. The summed E-state index contributed by atoms with van der Waals surface area (Å²) in [5, 5.41) is 10.1. The highest BCUT2D eigenvalue weighted by Gasteiger charge is 2.18. The summed E-state index contributed by atoms with van der Waals surface area (Å²) >= 11 is 0. The average Bonchev–Trinajstić information content (AvgIpc) is 2.79. The summed E-state index contributed by atoms with van der Waals surface area (Å²) in [7, 11) is 1.46. The van der Waals surface area contributed by atoms with Crippen molar-refractivity contribution in [3.63, 3.8) is 0 Å². The first-order valence-corrected chi connectivity index (χ1v) is 7.36. The van der Waals surface area contributed by atoms with Gasteiger partial charge in [-0.05, 0) is 42.5 Å². The van der Waals surface area contributed by atoms with Crippen molar-refractivity contribution in [2.75, 3.05) is 7.11 Å². The Kier molecular flexibility index (Phi) is 3.97. The highest BCUT2D eigenvalue weighted by Crippen LogP contribution is 2.29. The molecule has 0 fully saturated rings. The Balaban J connectivity index is 1.82. The van der Waals surface area contributed by atoms with Crippen LogP contribution < -0.4 is 4.74 Å². The first kappa shape index (κ1) is 14.1. The number of nitrogens with zero attached hydrogens (tertiary/aromatic N) is 1. The van der Waals surface area contributed by atoms with E-state index in [-0.39, 0.29) is 17.7 Å². The van der Waals surface area contributed by atoms with E-state index in [4.69, 9.17) is 4.74 Å². The van der Waals surface area contributed by atoms with Crippen LogP contribution in [0.2, 0.25) is 0 Å². The monoisotopic (exact) mass is 289 g/mol. The standard InChI is InChI=1S/C17H20FNO2/c1-21-17-7-6-12(8-15(17)18)9-19-10-13-4-2-3-5-16(20)14(13)11-19/h6-8,10-11,16,20H,2-5,9H2,1H3. The van der Waals surface area contributed by atoms with E-state index in [1.54, 1.807) is 6.07 Å². The molecule has 0 saturated carbocycles. The van der Waals surface area contributed by atoms with Gasteiger partial charge in [-0.1, -0.05) is 12.5 Å². The van der Waals surface area contributed by atoms with E-state index >= 15 is 0 Å². The molecular weight excluding hydrogens is 269 g/mol. The molecule has 1 aromatic carbocycles. The summed E-state index contributed by atoms with van der Waals surface area (Å²) in [5.41, 5.74) is 3.13. The number of aromatic nitrogens is 1. The van der Waals surface area contributed by atoms with Crippen molar-refractivity contribution in [2.24, 2.45) is 0 Å². The van der Waals surface area contributed by atoms with Crippen LogP contribution >= 0.6 is 0 Å². The van der Waals surface area contributed by atoms with Gasteiger partial charge in [-0.25, -0.2) is 4.39 Å². The van der Waals surface area contributed by atoms with Crippen LogP contribution in [-0.4, -0.2) is 16.8 Å². The number of benzene rings is 1. The van der Waals surface area contributed by atoms with Crippen molar-refractivity contribution < 1.29 is 14.2 Å². The zero-order valence-corrected chi connectivity index (χ0v) is 12.2. The lowest BCUT2D eigenvalue weighted by atomic mass is 10.1. The quantitative estimate of drug-likeness (QED) is 0.878. The first-order chi connectivity index (χ1) is 10.2. The maximum absolute atomic E-state index is 13.7. The van der Waals surface area contributed by atoms with Crippen LogP contribution in [0.5, 0.6) is 5.75 Å². The third kappa shape index (κ3) is 2.95. The van der Waals surface area contributed by atoms with Gasteiger partial charge in [0.1, 0.15) is 0 Å². The minimum Gasteiger partial charge on any atom is -0.494 e. The Morgan fingerprint density at radius 3 is 2.95 bits per heavy atom. The summed E-state index contributed by atoms with van der Waals surface area (Å²) in [6.07, 6.45) is 7.73. The molecule has 1 aliphatic carbocycles. The number of aliphatic hydroxyl groups excluding tert-OH is 1. The summed E-state index contributed by atoms with van der Waals surface area (Å²) in [6, 6.07) is 5.01. The molecule has 1 aliphatic rings. The van der Waals surface area contributed by atoms with E-state index in [2.05, 4.69) is 6.20 Å². The van der Waals surface area contributed by atoms with E-state index in [1.807, 2.05) is 16.8 Å². The molecule has 0 aliphatic heterocycles. The first-order valence-electron chi connectivity index (χ1n) is 7.36. The Bertz CT molecular complexity index is 636. The molecule has 1 unspecified atom stereocenters. The van der Waals surface area contributed by atoms with Gasteiger partial charge in [0.25, 0.3) is 0 Å². The summed E-state index contributed by atoms with van der Waals surface area (Å²) < 4.78 is 20.7. The van der Waals surface area contributed by atoms with E-state index in [0.29, 0.717) is 6.54 Å². The van der Waals surface area contributed by atoms with Crippen molar-refractivity contribution in [1.29, 1.82) is 0 Å². The van der Waals surface area contributed by atoms with Gasteiger partial charge in [-0.3, -0.25) is 0 Å². The van der Waals surface area contributed by atoms with Crippen LogP contribution in [0.25, 0.3) is 0 Å². The van der Waals surface area contributed by atoms with Crippen LogP contribution in [0.15, 0.2) is 30.6 Å². The zero-order valence-electron chi connectivity index (χ0n) is 12.2. The molecule has 112 valence electrons. The molecular formula is C17H20FNO2. The molecule has 1 N–H and O–H groups in total. The van der Waals surface area contributed by atoms with Gasteiger partial charge in [-0.2, -0.15) is 0 Å². The molecule has 0 radical (unpaired) electrons. The van der Waals surface area contributed by atoms with Crippen molar-refractivity contribution in [3.8, 4) is 5.75 Å². The van der Waals surface area contributed by atoms with Crippen LogP contribution in [0.1, 0.15) is 42.1 Å². The molecule has 3 nitrogen and oxygen atoms in total. The Labute approximate surface area is 124 Å². The molecule has 0 amide bonds. The van der Waals surface area contributed by atoms with Gasteiger partial charge in [0, 0.05) is 24.5 Å². The number of hydrogen-bond donors (Lipinski definition) is 1. The Morgan fingerprint density at radius 1 is 1.33 bits per heavy atom. The van der Waals surface area contributed by atoms with Crippen molar-refractivity contribution >= 4 is 0 Å². The number of aliphatic hydroxyl groups is 1. The lowest BCUT2D eigenvalue weighted by Crippen LogP contribution is -1.99. The van der Waals surface area contributed by atoms with Gasteiger partial charge < -0.3 is 14.4 Å². The molecule has 3 rings (SSSR count). The summed E-state index contributed by atoms with van der Waals surface area (Å²) in [5.74, 6) is -0.0822. The molecule has 4 heteroatoms.